The summed E-state index contributed by atoms with van der Waals surface area (Å²) in [5, 5.41) is 3.66. The first-order valence-corrected chi connectivity index (χ1v) is 1.77. The van der Waals surface area contributed by atoms with Crippen molar-refractivity contribution in [1.82, 2.24) is 5.43 Å². The molecule has 0 saturated heterocycles. The fourth-order valence-corrected chi connectivity index (χ4v) is 0.277. The molecule has 0 bridgehead atoms. The molecule has 0 atom stereocenters. The van der Waals surface area contributed by atoms with Crippen LogP contribution in [0.5, 0.6) is 0 Å². The third-order valence-corrected chi connectivity index (χ3v) is 0.517. The summed E-state index contributed by atoms with van der Waals surface area (Å²) in [6.45, 7) is 1.76. The SMILES string of the molecule is [CH]1C=CC=NN1. The van der Waals surface area contributed by atoms with E-state index in [4.69, 9.17) is 0 Å². The average molecular weight is 81.1 g/mol. The number of nitrogens with one attached hydrogen (secondary N) is 1. The van der Waals surface area contributed by atoms with E-state index in [0.29, 0.717) is 0 Å². The zero-order valence-corrected chi connectivity index (χ0v) is 3.26. The molecule has 0 spiro atoms. The van der Waals surface area contributed by atoms with Crippen LogP contribution >= 0.6 is 0 Å². The van der Waals surface area contributed by atoms with Crippen molar-refractivity contribution in [3.63, 3.8) is 0 Å². The Morgan fingerprint density at radius 1 is 1.33 bits per heavy atom. The first-order valence-electron chi connectivity index (χ1n) is 1.77. The molecule has 0 unspecified atom stereocenters. The molecular formula is C4H5N2. The van der Waals surface area contributed by atoms with Crippen LogP contribution in [0.2, 0.25) is 0 Å². The Balaban J connectivity index is 2.46. The molecule has 1 aliphatic heterocycles. The van der Waals surface area contributed by atoms with Gasteiger partial charge in [-0.2, -0.15) is 5.10 Å². The van der Waals surface area contributed by atoms with E-state index in [1.807, 2.05) is 12.2 Å². The van der Waals surface area contributed by atoms with E-state index in [-0.39, 0.29) is 0 Å². The third kappa shape index (κ3) is 0.578. The summed E-state index contributed by atoms with van der Waals surface area (Å²) in [5.41, 5.74) is 2.64. The third-order valence-electron chi connectivity index (χ3n) is 0.517. The van der Waals surface area contributed by atoms with E-state index in [9.17, 15) is 0 Å². The van der Waals surface area contributed by atoms with Crippen molar-refractivity contribution in [2.75, 3.05) is 0 Å². The van der Waals surface area contributed by atoms with Crippen LogP contribution in [0.4, 0.5) is 0 Å². The average Bonchev–Trinajstić information content (AvgIpc) is 1.72. The van der Waals surface area contributed by atoms with Gasteiger partial charge < -0.3 is 5.43 Å². The largest absolute Gasteiger partial charge is 0.301 e. The molecule has 0 fully saturated rings. The van der Waals surface area contributed by atoms with Gasteiger partial charge in [-0.15, -0.1) is 0 Å². The van der Waals surface area contributed by atoms with E-state index in [0.717, 1.165) is 0 Å². The van der Waals surface area contributed by atoms with Crippen molar-refractivity contribution in [3.05, 3.63) is 18.7 Å². The molecule has 0 amide bonds. The molecule has 1 heterocycles. The fraction of sp³-hybridized carbons (Fsp3) is 0. The highest BCUT2D eigenvalue weighted by Crippen LogP contribution is 1.77. The maximum atomic E-state index is 3.66. The van der Waals surface area contributed by atoms with Gasteiger partial charge in [0.2, 0.25) is 0 Å². The van der Waals surface area contributed by atoms with Crippen LogP contribution in [0, 0.1) is 6.54 Å². The smallest absolute Gasteiger partial charge is 0.0877 e. The van der Waals surface area contributed by atoms with Crippen molar-refractivity contribution in [2.24, 2.45) is 5.10 Å². The summed E-state index contributed by atoms with van der Waals surface area (Å²) in [6, 6.07) is 0. The number of hydrogen-bond acceptors (Lipinski definition) is 2. The van der Waals surface area contributed by atoms with Gasteiger partial charge in [0, 0.05) is 6.21 Å². The summed E-state index contributed by atoms with van der Waals surface area (Å²) in [5.74, 6) is 0. The zero-order valence-electron chi connectivity index (χ0n) is 3.26. The normalized spacial score (nSPS) is 17.3. The maximum absolute atomic E-state index is 3.66. The summed E-state index contributed by atoms with van der Waals surface area (Å²) >= 11 is 0. The molecule has 1 N–H and O–H groups in total. The lowest BCUT2D eigenvalue weighted by atomic mass is 10.5. The Bertz CT molecular complexity index is 71.5. The molecule has 31 valence electrons. The van der Waals surface area contributed by atoms with Crippen LogP contribution in [-0.2, 0) is 0 Å². The summed E-state index contributed by atoms with van der Waals surface area (Å²) < 4.78 is 0. The molecule has 0 saturated carbocycles. The van der Waals surface area contributed by atoms with Crippen molar-refractivity contribution >= 4 is 6.21 Å². The number of rotatable bonds is 0. The van der Waals surface area contributed by atoms with Crippen LogP contribution in [0.1, 0.15) is 0 Å². The molecule has 0 aliphatic carbocycles. The van der Waals surface area contributed by atoms with Crippen LogP contribution in [0.25, 0.3) is 0 Å². The van der Waals surface area contributed by atoms with E-state index < -0.39 is 0 Å². The zero-order chi connectivity index (χ0) is 4.24. The number of hydrazone groups is 1. The first-order chi connectivity index (χ1) is 3.00. The van der Waals surface area contributed by atoms with Gasteiger partial charge in [-0.05, 0) is 6.08 Å². The van der Waals surface area contributed by atoms with Gasteiger partial charge in [-0.3, -0.25) is 0 Å². The minimum atomic E-state index is 1.69. The molecular weight excluding hydrogens is 76.1 g/mol. The van der Waals surface area contributed by atoms with Crippen molar-refractivity contribution in [3.8, 4) is 0 Å². The van der Waals surface area contributed by atoms with Gasteiger partial charge >= 0.3 is 0 Å². The van der Waals surface area contributed by atoms with Crippen molar-refractivity contribution in [2.45, 2.75) is 0 Å². The molecule has 1 radical (unpaired) electrons. The second-order valence-corrected chi connectivity index (χ2v) is 0.959. The van der Waals surface area contributed by atoms with E-state index in [2.05, 4.69) is 10.5 Å². The molecule has 1 aliphatic rings. The Morgan fingerprint density at radius 2 is 2.33 bits per heavy atom. The van der Waals surface area contributed by atoms with Gasteiger partial charge in [0.25, 0.3) is 0 Å². The molecule has 2 heteroatoms. The highest BCUT2D eigenvalue weighted by atomic mass is 15.3. The quantitative estimate of drug-likeness (QED) is 0.445. The molecule has 0 aromatic rings. The number of hydrogen-bond donors (Lipinski definition) is 1. The van der Waals surface area contributed by atoms with E-state index >= 15 is 0 Å². The highest BCUT2D eigenvalue weighted by molar-refractivity contribution is 5.71. The minimum absolute atomic E-state index is 1.69. The van der Waals surface area contributed by atoms with E-state index in [1.165, 1.54) is 0 Å². The molecule has 0 aromatic carbocycles. The summed E-state index contributed by atoms with van der Waals surface area (Å²) in [6.07, 6.45) is 5.43. The Kier molecular flexibility index (Phi) is 0.906. The van der Waals surface area contributed by atoms with Crippen LogP contribution in [0.15, 0.2) is 17.3 Å². The van der Waals surface area contributed by atoms with Gasteiger partial charge in [-0.25, -0.2) is 0 Å². The van der Waals surface area contributed by atoms with Gasteiger partial charge in [0.15, 0.2) is 0 Å². The van der Waals surface area contributed by atoms with Crippen LogP contribution in [0.3, 0.4) is 0 Å². The second-order valence-electron chi connectivity index (χ2n) is 0.959. The first kappa shape index (κ1) is 3.40. The summed E-state index contributed by atoms with van der Waals surface area (Å²) in [4.78, 5) is 0. The second kappa shape index (κ2) is 1.60. The summed E-state index contributed by atoms with van der Waals surface area (Å²) in [7, 11) is 0. The van der Waals surface area contributed by atoms with E-state index in [1.54, 1.807) is 12.8 Å². The maximum Gasteiger partial charge on any atom is 0.0877 e. The number of allylic oxidation sites excluding steroid dienone is 1. The number of nitrogens with zero attached hydrogens (tertiary/aromatic N) is 1. The molecule has 2 nitrogen and oxygen atoms in total. The lowest BCUT2D eigenvalue weighted by molar-refractivity contribution is 0.911. The standard InChI is InChI=1S/C4H5N2/c1-2-4-6-5-3-1/h1-5H. The van der Waals surface area contributed by atoms with Gasteiger partial charge in [-0.1, -0.05) is 6.08 Å². The predicted octanol–water partition coefficient (Wildman–Crippen LogP) is 0.293. The predicted molar refractivity (Wildman–Crippen MR) is 25.1 cm³/mol. The molecule has 1 rings (SSSR count). The van der Waals surface area contributed by atoms with Crippen molar-refractivity contribution in [1.29, 1.82) is 0 Å². The minimum Gasteiger partial charge on any atom is -0.301 e. The lowest BCUT2D eigenvalue weighted by Crippen LogP contribution is -2.00. The van der Waals surface area contributed by atoms with Crippen LogP contribution < -0.4 is 5.43 Å². The van der Waals surface area contributed by atoms with Crippen LogP contribution in [-0.4, -0.2) is 6.21 Å². The van der Waals surface area contributed by atoms with Crippen molar-refractivity contribution < 1.29 is 0 Å². The molecule has 6 heavy (non-hydrogen) atoms. The lowest BCUT2D eigenvalue weighted by Gasteiger charge is -1.92. The van der Waals surface area contributed by atoms with Gasteiger partial charge in [0.1, 0.15) is 0 Å². The monoisotopic (exact) mass is 81.0 g/mol. The topological polar surface area (TPSA) is 24.4 Å². The van der Waals surface area contributed by atoms with Gasteiger partial charge in [0.05, 0.1) is 6.54 Å². The Hall–Kier alpha value is -0.790. The Labute approximate surface area is 36.6 Å². The molecule has 0 aromatic heterocycles. The highest BCUT2D eigenvalue weighted by Gasteiger charge is 1.75. The Morgan fingerprint density at radius 3 is 2.50 bits per heavy atom. The fourth-order valence-electron chi connectivity index (χ4n) is 0.277.